The van der Waals surface area contributed by atoms with E-state index in [0.29, 0.717) is 24.5 Å². The number of nitrogens with one attached hydrogen (secondary N) is 3. The molecule has 0 saturated carbocycles. The molecule has 32 heavy (non-hydrogen) atoms. The predicted molar refractivity (Wildman–Crippen MR) is 139 cm³/mol. The minimum Gasteiger partial charge on any atom is -0.355 e. The van der Waals surface area contributed by atoms with Crippen molar-refractivity contribution in [1.82, 2.24) is 24.9 Å². The highest BCUT2D eigenvalue weighted by atomic mass is 35.5. The Bertz CT molecular complexity index is 1180. The normalized spacial score (nSPS) is 10.0. The Balaban J connectivity index is 0.00000171. The molecule has 3 heterocycles. The molecule has 172 valence electrons. The molecule has 0 aliphatic carbocycles. The lowest BCUT2D eigenvalue weighted by molar-refractivity contribution is 1.00. The average Bonchev–Trinajstić information content (AvgIpc) is 3.14. The molecule has 0 radical (unpaired) electrons. The highest BCUT2D eigenvalue weighted by molar-refractivity contribution is 7.98. The fraction of sp³-hybridized carbons (Fsp3) is 0.238. The zero-order chi connectivity index (χ0) is 20.1. The Kier molecular flexibility index (Phi) is 11.6. The zero-order valence-corrected chi connectivity index (χ0v) is 20.6. The molecular formula is C21H25Cl3N6OS. The molecule has 0 saturated heterocycles. The molecule has 0 aliphatic heterocycles. The maximum atomic E-state index is 12.4. The number of pyridine rings is 1. The Morgan fingerprint density at radius 2 is 1.88 bits per heavy atom. The second-order valence-corrected chi connectivity index (χ2v) is 7.86. The van der Waals surface area contributed by atoms with E-state index in [1.807, 2.05) is 37.4 Å². The monoisotopic (exact) mass is 514 g/mol. The molecule has 3 N–H and O–H groups in total. The number of nitrogens with zero attached hydrogens (tertiary/aromatic N) is 3. The van der Waals surface area contributed by atoms with Gasteiger partial charge in [-0.1, -0.05) is 18.2 Å². The van der Waals surface area contributed by atoms with Crippen LogP contribution in [0.15, 0.2) is 53.8 Å². The number of imidazole rings is 1. The van der Waals surface area contributed by atoms with Crippen molar-refractivity contribution in [2.24, 2.45) is 0 Å². The smallest absolute Gasteiger partial charge is 0.255 e. The molecule has 4 aromatic rings. The van der Waals surface area contributed by atoms with Crippen LogP contribution >= 0.6 is 49.0 Å². The molecule has 3 aromatic heterocycles. The lowest BCUT2D eigenvalue weighted by atomic mass is 10.1. The first-order valence-corrected chi connectivity index (χ1v) is 10.6. The van der Waals surface area contributed by atoms with E-state index in [-0.39, 0.29) is 42.8 Å². The summed E-state index contributed by atoms with van der Waals surface area (Å²) in [6.07, 6.45) is 5.66. The number of thioether (sulfide) groups is 1. The molecule has 4 rings (SSSR count). The molecule has 0 amide bonds. The number of fused-ring (bicyclic) bond motifs is 1. The third kappa shape index (κ3) is 7.13. The van der Waals surface area contributed by atoms with E-state index in [9.17, 15) is 4.79 Å². The highest BCUT2D eigenvalue weighted by Gasteiger charge is 2.06. The molecule has 7 nitrogen and oxygen atoms in total. The number of hydrogen-bond acceptors (Lipinski definition) is 6. The van der Waals surface area contributed by atoms with Gasteiger partial charge in [0.15, 0.2) is 0 Å². The number of rotatable bonds is 8. The van der Waals surface area contributed by atoms with Crippen LogP contribution in [-0.4, -0.2) is 37.2 Å². The average molecular weight is 516 g/mol. The summed E-state index contributed by atoms with van der Waals surface area (Å²) in [6.45, 7) is 2.73. The summed E-state index contributed by atoms with van der Waals surface area (Å²) in [6, 6.07) is 10.0. The largest absolute Gasteiger partial charge is 0.355 e. The number of anilines is 1. The van der Waals surface area contributed by atoms with E-state index in [1.165, 1.54) is 0 Å². The van der Waals surface area contributed by atoms with Crippen LogP contribution in [0.25, 0.3) is 10.9 Å². The Labute approximate surface area is 208 Å². The quantitative estimate of drug-likeness (QED) is 0.298. The first-order chi connectivity index (χ1) is 14.2. The number of aromatic nitrogens is 5. The molecule has 11 heteroatoms. The van der Waals surface area contributed by atoms with Gasteiger partial charge in [-0.05, 0) is 24.6 Å². The van der Waals surface area contributed by atoms with Gasteiger partial charge >= 0.3 is 0 Å². The van der Waals surface area contributed by atoms with Crippen LogP contribution in [0, 0.1) is 6.92 Å². The lowest BCUT2D eigenvalue weighted by Gasteiger charge is -2.07. The van der Waals surface area contributed by atoms with Gasteiger partial charge in [0.25, 0.3) is 5.56 Å². The topological polar surface area (TPSA) is 99.3 Å². The van der Waals surface area contributed by atoms with Gasteiger partial charge < -0.3 is 10.3 Å². The van der Waals surface area contributed by atoms with Crippen LogP contribution < -0.4 is 10.9 Å². The Morgan fingerprint density at radius 3 is 2.62 bits per heavy atom. The fourth-order valence-corrected chi connectivity index (χ4v) is 3.89. The van der Waals surface area contributed by atoms with Crippen molar-refractivity contribution in [1.29, 1.82) is 0 Å². The maximum Gasteiger partial charge on any atom is 0.255 e. The predicted octanol–water partition coefficient (Wildman–Crippen LogP) is 4.55. The van der Waals surface area contributed by atoms with Gasteiger partial charge in [0.2, 0.25) is 5.95 Å². The van der Waals surface area contributed by atoms with Gasteiger partial charge in [0.1, 0.15) is 0 Å². The fourth-order valence-electron chi connectivity index (χ4n) is 3.01. The van der Waals surface area contributed by atoms with Gasteiger partial charge in [-0.25, -0.2) is 9.97 Å². The molecule has 0 bridgehead atoms. The van der Waals surface area contributed by atoms with Crippen molar-refractivity contribution < 1.29 is 0 Å². The second kappa shape index (κ2) is 13.3. The summed E-state index contributed by atoms with van der Waals surface area (Å²) in [5.41, 5.74) is 4.61. The third-order valence-electron chi connectivity index (χ3n) is 4.63. The first kappa shape index (κ1) is 27.8. The molecule has 0 atom stereocenters. The van der Waals surface area contributed by atoms with Crippen LogP contribution in [0.2, 0.25) is 0 Å². The van der Waals surface area contributed by atoms with E-state index < -0.39 is 0 Å². The number of benzene rings is 1. The molecule has 0 spiro atoms. The number of aryl methyl sites for hydroxylation is 1. The maximum absolute atomic E-state index is 12.4. The summed E-state index contributed by atoms with van der Waals surface area (Å²) >= 11 is 1.78. The van der Waals surface area contributed by atoms with Crippen LogP contribution in [0.5, 0.6) is 0 Å². The Hall–Kier alpha value is -2.26. The van der Waals surface area contributed by atoms with Gasteiger partial charge in [-0.3, -0.25) is 14.8 Å². The lowest BCUT2D eigenvalue weighted by Crippen LogP contribution is -2.18. The van der Waals surface area contributed by atoms with E-state index in [0.717, 1.165) is 39.4 Å². The van der Waals surface area contributed by atoms with Crippen LogP contribution in [0.3, 0.4) is 0 Å². The standard InChI is InChI=1S/C21H22N6OS.3ClH/c1-14-19(26-13-25-14)12-29-7-6-22-21-24-11-17(20(28)27-21)9-15-8-16-4-2-3-5-18(16)23-10-15;;;/h2-5,8,10-11,13H,6-7,9,12H2,1H3,(H,25,26)(H2,22,24,27,28);3*1H. The zero-order valence-electron chi connectivity index (χ0n) is 17.3. The second-order valence-electron chi connectivity index (χ2n) is 6.75. The molecule has 0 aliphatic rings. The van der Waals surface area contributed by atoms with E-state index in [1.54, 1.807) is 24.3 Å². The number of halogens is 3. The van der Waals surface area contributed by atoms with E-state index in [2.05, 4.69) is 36.3 Å². The van der Waals surface area contributed by atoms with Crippen LogP contribution in [-0.2, 0) is 12.2 Å². The SMILES string of the molecule is Cc1[nH]cnc1CSCCNc1ncc(Cc2cnc3ccccc3c2)c(=O)[nH]1.Cl.Cl.Cl. The van der Waals surface area contributed by atoms with E-state index >= 15 is 0 Å². The van der Waals surface area contributed by atoms with Crippen LogP contribution in [0.4, 0.5) is 5.95 Å². The minimum absolute atomic E-state index is 0. The summed E-state index contributed by atoms with van der Waals surface area (Å²) in [4.78, 5) is 31.4. The van der Waals surface area contributed by atoms with Crippen molar-refractivity contribution in [2.45, 2.75) is 19.1 Å². The van der Waals surface area contributed by atoms with Gasteiger partial charge in [-0.15, -0.1) is 37.2 Å². The van der Waals surface area contributed by atoms with Gasteiger partial charge in [0.05, 0.1) is 17.5 Å². The van der Waals surface area contributed by atoms with Crippen molar-refractivity contribution >= 4 is 65.8 Å². The van der Waals surface area contributed by atoms with Crippen molar-refractivity contribution in [3.8, 4) is 0 Å². The third-order valence-corrected chi connectivity index (χ3v) is 5.60. The molecular weight excluding hydrogens is 491 g/mol. The summed E-state index contributed by atoms with van der Waals surface area (Å²) in [5.74, 6) is 2.24. The summed E-state index contributed by atoms with van der Waals surface area (Å²) in [7, 11) is 0. The highest BCUT2D eigenvalue weighted by Crippen LogP contribution is 2.15. The summed E-state index contributed by atoms with van der Waals surface area (Å²) in [5, 5.41) is 4.23. The molecule has 0 unspecified atom stereocenters. The number of para-hydroxylation sites is 1. The number of hydrogen-bond donors (Lipinski definition) is 3. The van der Waals surface area contributed by atoms with Crippen molar-refractivity contribution in [2.75, 3.05) is 17.6 Å². The van der Waals surface area contributed by atoms with Crippen molar-refractivity contribution in [3.63, 3.8) is 0 Å². The van der Waals surface area contributed by atoms with Crippen LogP contribution in [0.1, 0.15) is 22.5 Å². The van der Waals surface area contributed by atoms with Gasteiger partial charge in [-0.2, -0.15) is 11.8 Å². The van der Waals surface area contributed by atoms with E-state index in [4.69, 9.17) is 0 Å². The Morgan fingerprint density at radius 1 is 1.06 bits per heavy atom. The van der Waals surface area contributed by atoms with Gasteiger partial charge in [0, 0.05) is 53.5 Å². The van der Waals surface area contributed by atoms with Crippen molar-refractivity contribution in [3.05, 3.63) is 81.9 Å². The number of H-pyrrole nitrogens is 2. The number of aromatic amines is 2. The summed E-state index contributed by atoms with van der Waals surface area (Å²) < 4.78 is 0. The minimum atomic E-state index is -0.129. The molecule has 1 aromatic carbocycles. The molecule has 0 fully saturated rings. The first-order valence-electron chi connectivity index (χ1n) is 9.41.